The van der Waals surface area contributed by atoms with E-state index in [0.717, 1.165) is 18.4 Å². The average Bonchev–Trinajstić information content (AvgIpc) is 2.53. The van der Waals surface area contributed by atoms with Gasteiger partial charge in [0.1, 0.15) is 0 Å². The monoisotopic (exact) mass is 288 g/mol. The fourth-order valence-electron chi connectivity index (χ4n) is 2.27. The van der Waals surface area contributed by atoms with Crippen molar-refractivity contribution >= 4 is 12.0 Å². The molecule has 0 bridgehead atoms. The molecule has 0 amide bonds. The van der Waals surface area contributed by atoms with Crippen LogP contribution >= 0.6 is 0 Å². The second-order valence-electron chi connectivity index (χ2n) is 5.52. The Kier molecular flexibility index (Phi) is 9.26. The molecule has 1 aromatic rings. The summed E-state index contributed by atoms with van der Waals surface area (Å²) in [5, 5.41) is 0. The number of carbonyl (C=O) groups is 1. The minimum Gasteiger partial charge on any atom is -0.462 e. The van der Waals surface area contributed by atoms with Crippen LogP contribution in [0.15, 0.2) is 36.4 Å². The quantitative estimate of drug-likeness (QED) is 0.435. The van der Waals surface area contributed by atoms with Gasteiger partial charge < -0.3 is 4.74 Å². The Morgan fingerprint density at radius 2 is 1.71 bits per heavy atom. The summed E-state index contributed by atoms with van der Waals surface area (Å²) >= 11 is 0. The Labute approximate surface area is 129 Å². The summed E-state index contributed by atoms with van der Waals surface area (Å²) in [6, 6.07) is 9.80. The van der Waals surface area contributed by atoms with Crippen LogP contribution in [-0.2, 0) is 9.53 Å². The fraction of sp³-hybridized carbons (Fsp3) is 0.526. The zero-order valence-corrected chi connectivity index (χ0v) is 13.4. The van der Waals surface area contributed by atoms with Crippen LogP contribution in [-0.4, -0.2) is 12.6 Å². The molecule has 0 unspecified atom stereocenters. The number of hydrogen-bond acceptors (Lipinski definition) is 2. The van der Waals surface area contributed by atoms with Crippen molar-refractivity contribution < 1.29 is 9.53 Å². The van der Waals surface area contributed by atoms with Crippen molar-refractivity contribution in [2.75, 3.05) is 6.61 Å². The SMILES string of the molecule is CCCCC(CCCC)COC(=O)/C=C/c1ccccc1. The maximum absolute atomic E-state index is 11.8. The molecule has 116 valence electrons. The lowest BCUT2D eigenvalue weighted by Gasteiger charge is -2.15. The van der Waals surface area contributed by atoms with E-state index in [2.05, 4.69) is 13.8 Å². The van der Waals surface area contributed by atoms with Crippen molar-refractivity contribution in [1.29, 1.82) is 0 Å². The summed E-state index contributed by atoms with van der Waals surface area (Å²) in [6.45, 7) is 4.95. The molecular formula is C19H28O2. The molecule has 0 aromatic heterocycles. The zero-order valence-electron chi connectivity index (χ0n) is 13.4. The van der Waals surface area contributed by atoms with Gasteiger partial charge in [-0.1, -0.05) is 69.9 Å². The van der Waals surface area contributed by atoms with Gasteiger partial charge in [0, 0.05) is 6.08 Å². The lowest BCUT2D eigenvalue weighted by molar-refractivity contribution is -0.139. The van der Waals surface area contributed by atoms with E-state index in [1.807, 2.05) is 30.3 Å². The van der Waals surface area contributed by atoms with Crippen LogP contribution in [0.2, 0.25) is 0 Å². The number of hydrogen-bond donors (Lipinski definition) is 0. The molecule has 2 nitrogen and oxygen atoms in total. The van der Waals surface area contributed by atoms with E-state index in [1.54, 1.807) is 6.08 Å². The topological polar surface area (TPSA) is 26.3 Å². The number of esters is 1. The van der Waals surface area contributed by atoms with Crippen molar-refractivity contribution in [3.63, 3.8) is 0 Å². The van der Waals surface area contributed by atoms with Crippen molar-refractivity contribution in [2.24, 2.45) is 5.92 Å². The maximum Gasteiger partial charge on any atom is 0.330 e. The predicted octanol–water partition coefficient (Wildman–Crippen LogP) is 5.24. The van der Waals surface area contributed by atoms with Gasteiger partial charge in [0.15, 0.2) is 0 Å². The Balaban J connectivity index is 2.36. The molecule has 0 saturated carbocycles. The van der Waals surface area contributed by atoms with Gasteiger partial charge in [-0.15, -0.1) is 0 Å². The summed E-state index contributed by atoms with van der Waals surface area (Å²) < 4.78 is 5.39. The normalized spacial score (nSPS) is 11.2. The van der Waals surface area contributed by atoms with E-state index in [-0.39, 0.29) is 5.97 Å². The molecular weight excluding hydrogens is 260 g/mol. The zero-order chi connectivity index (χ0) is 15.3. The first-order chi connectivity index (χ1) is 10.3. The van der Waals surface area contributed by atoms with E-state index in [9.17, 15) is 4.79 Å². The van der Waals surface area contributed by atoms with E-state index in [4.69, 9.17) is 4.74 Å². The second-order valence-corrected chi connectivity index (χ2v) is 5.52. The molecule has 0 heterocycles. The van der Waals surface area contributed by atoms with Gasteiger partial charge in [-0.25, -0.2) is 4.79 Å². The molecule has 0 radical (unpaired) electrons. The Morgan fingerprint density at radius 1 is 1.10 bits per heavy atom. The van der Waals surface area contributed by atoms with Crippen molar-refractivity contribution in [2.45, 2.75) is 52.4 Å². The molecule has 0 aliphatic rings. The third kappa shape index (κ3) is 8.34. The van der Waals surface area contributed by atoms with Crippen molar-refractivity contribution in [1.82, 2.24) is 0 Å². The van der Waals surface area contributed by atoms with E-state index in [1.165, 1.54) is 31.8 Å². The lowest BCUT2D eigenvalue weighted by atomic mass is 9.97. The standard InChI is InChI=1S/C19H28O2/c1-3-5-10-18(11-6-4-2)16-21-19(20)15-14-17-12-8-7-9-13-17/h7-9,12-15,18H,3-6,10-11,16H2,1-2H3/b15-14+. The van der Waals surface area contributed by atoms with Crippen LogP contribution < -0.4 is 0 Å². The van der Waals surface area contributed by atoms with Crippen LogP contribution in [0.1, 0.15) is 57.9 Å². The fourth-order valence-corrected chi connectivity index (χ4v) is 2.27. The van der Waals surface area contributed by atoms with E-state index >= 15 is 0 Å². The first-order valence-electron chi connectivity index (χ1n) is 8.16. The van der Waals surface area contributed by atoms with Gasteiger partial charge in [0.25, 0.3) is 0 Å². The Bertz CT molecular complexity index is 401. The molecule has 0 saturated heterocycles. The van der Waals surface area contributed by atoms with Crippen LogP contribution in [0.4, 0.5) is 0 Å². The summed E-state index contributed by atoms with van der Waals surface area (Å²) in [6.07, 6.45) is 10.5. The Hall–Kier alpha value is -1.57. The molecule has 0 N–H and O–H groups in total. The molecule has 0 aliphatic heterocycles. The summed E-state index contributed by atoms with van der Waals surface area (Å²) in [5.41, 5.74) is 1.02. The lowest BCUT2D eigenvalue weighted by Crippen LogP contribution is -2.13. The van der Waals surface area contributed by atoms with Crippen LogP contribution in [0.5, 0.6) is 0 Å². The first kappa shape index (κ1) is 17.5. The smallest absolute Gasteiger partial charge is 0.330 e. The molecule has 1 rings (SSSR count). The molecule has 21 heavy (non-hydrogen) atoms. The van der Waals surface area contributed by atoms with Gasteiger partial charge in [-0.05, 0) is 30.4 Å². The number of benzene rings is 1. The minimum atomic E-state index is -0.239. The van der Waals surface area contributed by atoms with Crippen molar-refractivity contribution in [3.05, 3.63) is 42.0 Å². The molecule has 2 heteroatoms. The van der Waals surface area contributed by atoms with Gasteiger partial charge in [0.2, 0.25) is 0 Å². The number of unbranched alkanes of at least 4 members (excludes halogenated alkanes) is 2. The third-order valence-corrected chi connectivity index (χ3v) is 3.60. The summed E-state index contributed by atoms with van der Waals surface area (Å²) in [7, 11) is 0. The highest BCUT2D eigenvalue weighted by atomic mass is 16.5. The number of ether oxygens (including phenoxy) is 1. The molecule has 0 fully saturated rings. The largest absolute Gasteiger partial charge is 0.462 e. The summed E-state index contributed by atoms with van der Waals surface area (Å²) in [4.78, 5) is 11.8. The molecule has 0 aliphatic carbocycles. The average molecular weight is 288 g/mol. The predicted molar refractivity (Wildman–Crippen MR) is 89.0 cm³/mol. The number of carbonyl (C=O) groups excluding carboxylic acids is 1. The van der Waals surface area contributed by atoms with Crippen LogP contribution in [0.25, 0.3) is 6.08 Å². The van der Waals surface area contributed by atoms with Crippen molar-refractivity contribution in [3.8, 4) is 0 Å². The molecule has 1 aromatic carbocycles. The number of rotatable bonds is 10. The van der Waals surface area contributed by atoms with Gasteiger partial charge in [-0.3, -0.25) is 0 Å². The van der Waals surface area contributed by atoms with Gasteiger partial charge in [-0.2, -0.15) is 0 Å². The van der Waals surface area contributed by atoms with Gasteiger partial charge in [0.05, 0.1) is 6.61 Å². The van der Waals surface area contributed by atoms with E-state index in [0.29, 0.717) is 12.5 Å². The maximum atomic E-state index is 11.8. The minimum absolute atomic E-state index is 0.239. The van der Waals surface area contributed by atoms with Gasteiger partial charge >= 0.3 is 5.97 Å². The highest BCUT2D eigenvalue weighted by Crippen LogP contribution is 2.16. The molecule has 0 spiro atoms. The second kappa shape index (κ2) is 11.1. The third-order valence-electron chi connectivity index (χ3n) is 3.60. The Morgan fingerprint density at radius 3 is 2.29 bits per heavy atom. The van der Waals surface area contributed by atoms with Crippen LogP contribution in [0, 0.1) is 5.92 Å². The molecule has 0 atom stereocenters. The van der Waals surface area contributed by atoms with Crippen LogP contribution in [0.3, 0.4) is 0 Å². The highest BCUT2D eigenvalue weighted by Gasteiger charge is 2.10. The van der Waals surface area contributed by atoms with E-state index < -0.39 is 0 Å². The highest BCUT2D eigenvalue weighted by molar-refractivity contribution is 5.87. The first-order valence-corrected chi connectivity index (χ1v) is 8.16. The summed E-state index contributed by atoms with van der Waals surface area (Å²) in [5.74, 6) is 0.274.